The summed E-state index contributed by atoms with van der Waals surface area (Å²) in [5, 5.41) is 8.22. The van der Waals surface area contributed by atoms with Gasteiger partial charge in [0, 0.05) is 12.2 Å². The minimum atomic E-state index is -0.551. The predicted molar refractivity (Wildman–Crippen MR) is 99.9 cm³/mol. The van der Waals surface area contributed by atoms with Gasteiger partial charge in [-0.2, -0.15) is 0 Å². The maximum absolute atomic E-state index is 12.2. The molecule has 2 aliphatic rings. The van der Waals surface area contributed by atoms with Crippen LogP contribution in [0.15, 0.2) is 24.3 Å². The van der Waals surface area contributed by atoms with Crippen molar-refractivity contribution in [1.29, 1.82) is 0 Å². The largest absolute Gasteiger partial charge is 0.441 e. The van der Waals surface area contributed by atoms with Crippen molar-refractivity contribution < 1.29 is 23.8 Å². The number of hydrogen-bond donors (Lipinski definition) is 3. The SMILES string of the molecule is CCNC(=O)N[C@@H]1CO[C@@H]2[C@@H]1OC[C@H]2OC(=O)Nc1ccc(C(C)C)cc1. The predicted octanol–water partition coefficient (Wildman–Crippen LogP) is 2.21. The number of ether oxygens (including phenoxy) is 3. The number of nitrogens with one attached hydrogen (secondary N) is 3. The van der Waals surface area contributed by atoms with E-state index in [4.69, 9.17) is 14.2 Å². The molecule has 4 atom stereocenters. The van der Waals surface area contributed by atoms with E-state index >= 15 is 0 Å². The van der Waals surface area contributed by atoms with E-state index in [-0.39, 0.29) is 30.9 Å². The fourth-order valence-corrected chi connectivity index (χ4v) is 3.31. The normalized spacial score (nSPS) is 26.5. The highest BCUT2D eigenvalue weighted by Crippen LogP contribution is 2.29. The lowest BCUT2D eigenvalue weighted by Gasteiger charge is -2.18. The van der Waals surface area contributed by atoms with Crippen molar-refractivity contribution in [3.8, 4) is 0 Å². The second-order valence-electron chi connectivity index (χ2n) is 7.05. The summed E-state index contributed by atoms with van der Waals surface area (Å²) >= 11 is 0. The van der Waals surface area contributed by atoms with E-state index in [1.54, 1.807) is 0 Å². The molecular weight excluding hydrogens is 350 g/mol. The Morgan fingerprint density at radius 2 is 1.85 bits per heavy atom. The number of anilines is 1. The van der Waals surface area contributed by atoms with Gasteiger partial charge >= 0.3 is 12.1 Å². The number of hydrogen-bond acceptors (Lipinski definition) is 5. The van der Waals surface area contributed by atoms with Crippen LogP contribution in [0, 0.1) is 0 Å². The van der Waals surface area contributed by atoms with Gasteiger partial charge in [0.15, 0.2) is 6.10 Å². The molecule has 1 aromatic carbocycles. The highest BCUT2D eigenvalue weighted by Gasteiger charge is 2.50. The topological polar surface area (TPSA) is 97.9 Å². The van der Waals surface area contributed by atoms with Crippen LogP contribution in [-0.2, 0) is 14.2 Å². The van der Waals surface area contributed by atoms with Crippen molar-refractivity contribution in [2.75, 3.05) is 25.1 Å². The average Bonchev–Trinajstić information content (AvgIpc) is 3.19. The third-order valence-corrected chi connectivity index (χ3v) is 4.74. The number of carbonyl (C=O) groups is 2. The quantitative estimate of drug-likeness (QED) is 0.731. The molecule has 8 heteroatoms. The standard InChI is InChI=1S/C19H27N3O5/c1-4-20-18(23)22-14-9-25-17-15(10-26-16(14)17)27-19(24)21-13-7-5-12(6-8-13)11(2)3/h5-8,11,14-17H,4,9-10H2,1-3H3,(H,21,24)(H2,20,22,23)/t14-,15-,16-,17+/m1/s1. The van der Waals surface area contributed by atoms with E-state index < -0.39 is 12.2 Å². The number of carbonyl (C=O) groups excluding carboxylic acids is 2. The number of benzene rings is 1. The lowest BCUT2D eigenvalue weighted by Crippen LogP contribution is -2.48. The molecule has 0 unspecified atom stereocenters. The second-order valence-corrected chi connectivity index (χ2v) is 7.05. The molecule has 2 saturated heterocycles. The molecule has 0 radical (unpaired) electrons. The van der Waals surface area contributed by atoms with Crippen molar-refractivity contribution >= 4 is 17.8 Å². The van der Waals surface area contributed by atoms with Gasteiger partial charge in [0.25, 0.3) is 0 Å². The summed E-state index contributed by atoms with van der Waals surface area (Å²) < 4.78 is 16.9. The second kappa shape index (κ2) is 8.58. The molecule has 8 nitrogen and oxygen atoms in total. The van der Waals surface area contributed by atoms with Crippen molar-refractivity contribution in [3.63, 3.8) is 0 Å². The lowest BCUT2D eigenvalue weighted by atomic mass is 10.0. The van der Waals surface area contributed by atoms with Crippen LogP contribution in [-0.4, -0.2) is 56.2 Å². The van der Waals surface area contributed by atoms with Gasteiger partial charge in [-0.3, -0.25) is 5.32 Å². The molecule has 0 saturated carbocycles. The maximum atomic E-state index is 12.2. The Balaban J connectivity index is 1.50. The van der Waals surface area contributed by atoms with E-state index in [1.807, 2.05) is 31.2 Å². The van der Waals surface area contributed by atoms with Gasteiger partial charge in [0.1, 0.15) is 12.2 Å². The van der Waals surface area contributed by atoms with E-state index in [2.05, 4.69) is 29.8 Å². The molecule has 0 aromatic heterocycles. The zero-order chi connectivity index (χ0) is 19.4. The van der Waals surface area contributed by atoms with Crippen LogP contribution in [0.2, 0.25) is 0 Å². The van der Waals surface area contributed by atoms with Gasteiger partial charge in [0.05, 0.1) is 19.3 Å². The van der Waals surface area contributed by atoms with Gasteiger partial charge < -0.3 is 24.8 Å². The fraction of sp³-hybridized carbons (Fsp3) is 0.579. The Bertz CT molecular complexity index is 664. The molecule has 3 amide bonds. The summed E-state index contributed by atoms with van der Waals surface area (Å²) in [6.45, 7) is 7.18. The summed E-state index contributed by atoms with van der Waals surface area (Å²) in [5.41, 5.74) is 1.87. The first kappa shape index (κ1) is 19.4. The summed E-state index contributed by atoms with van der Waals surface area (Å²) in [7, 11) is 0. The van der Waals surface area contributed by atoms with E-state index in [0.29, 0.717) is 24.8 Å². The van der Waals surface area contributed by atoms with Gasteiger partial charge in [0.2, 0.25) is 0 Å². The average molecular weight is 377 g/mol. The molecule has 2 fully saturated rings. The minimum absolute atomic E-state index is 0.239. The van der Waals surface area contributed by atoms with Gasteiger partial charge in [-0.05, 0) is 30.5 Å². The molecular formula is C19H27N3O5. The number of amides is 3. The van der Waals surface area contributed by atoms with Crippen LogP contribution >= 0.6 is 0 Å². The zero-order valence-corrected chi connectivity index (χ0v) is 15.9. The third-order valence-electron chi connectivity index (χ3n) is 4.74. The molecule has 3 rings (SSSR count). The van der Waals surface area contributed by atoms with Crippen molar-refractivity contribution in [3.05, 3.63) is 29.8 Å². The molecule has 148 valence electrons. The maximum Gasteiger partial charge on any atom is 0.412 e. The van der Waals surface area contributed by atoms with Gasteiger partial charge in [-0.25, -0.2) is 9.59 Å². The van der Waals surface area contributed by atoms with Crippen LogP contribution in [0.5, 0.6) is 0 Å². The number of rotatable bonds is 5. The minimum Gasteiger partial charge on any atom is -0.441 e. The summed E-state index contributed by atoms with van der Waals surface area (Å²) in [6.07, 6.45) is -1.77. The lowest BCUT2D eigenvalue weighted by molar-refractivity contribution is 0.00872. The summed E-state index contributed by atoms with van der Waals surface area (Å²) in [6, 6.07) is 7.13. The molecule has 27 heavy (non-hydrogen) atoms. The first-order valence-corrected chi connectivity index (χ1v) is 9.33. The van der Waals surface area contributed by atoms with E-state index in [0.717, 1.165) is 0 Å². The van der Waals surface area contributed by atoms with Crippen LogP contribution in [0.4, 0.5) is 15.3 Å². The van der Waals surface area contributed by atoms with Gasteiger partial charge in [-0.1, -0.05) is 26.0 Å². The van der Waals surface area contributed by atoms with Crippen molar-refractivity contribution in [1.82, 2.24) is 10.6 Å². The monoisotopic (exact) mass is 377 g/mol. The van der Waals surface area contributed by atoms with Crippen molar-refractivity contribution in [2.24, 2.45) is 0 Å². The molecule has 0 spiro atoms. The Labute approximate surface area is 158 Å². The zero-order valence-electron chi connectivity index (χ0n) is 15.9. The molecule has 2 aliphatic heterocycles. The Hall–Kier alpha value is -2.32. The third kappa shape index (κ3) is 4.70. The highest BCUT2D eigenvalue weighted by atomic mass is 16.6. The highest BCUT2D eigenvalue weighted by molar-refractivity contribution is 5.84. The molecule has 3 N–H and O–H groups in total. The van der Waals surface area contributed by atoms with Crippen LogP contribution in [0.25, 0.3) is 0 Å². The summed E-state index contributed by atoms with van der Waals surface area (Å²) in [4.78, 5) is 23.9. The van der Waals surface area contributed by atoms with Crippen LogP contribution < -0.4 is 16.0 Å². The molecule has 1 aromatic rings. The molecule has 0 bridgehead atoms. The van der Waals surface area contributed by atoms with Crippen LogP contribution in [0.1, 0.15) is 32.3 Å². The van der Waals surface area contributed by atoms with Crippen molar-refractivity contribution in [2.45, 2.75) is 51.0 Å². The van der Waals surface area contributed by atoms with E-state index in [1.165, 1.54) is 5.56 Å². The van der Waals surface area contributed by atoms with E-state index in [9.17, 15) is 9.59 Å². The Morgan fingerprint density at radius 3 is 2.52 bits per heavy atom. The first-order chi connectivity index (χ1) is 13.0. The molecule has 0 aliphatic carbocycles. The Morgan fingerprint density at radius 1 is 1.15 bits per heavy atom. The van der Waals surface area contributed by atoms with Crippen LogP contribution in [0.3, 0.4) is 0 Å². The number of urea groups is 1. The van der Waals surface area contributed by atoms with Gasteiger partial charge in [-0.15, -0.1) is 0 Å². The number of fused-ring (bicyclic) bond motifs is 1. The Kier molecular flexibility index (Phi) is 6.18. The first-order valence-electron chi connectivity index (χ1n) is 9.33. The fourth-order valence-electron chi connectivity index (χ4n) is 3.31. The molecule has 2 heterocycles. The smallest absolute Gasteiger partial charge is 0.412 e. The summed E-state index contributed by atoms with van der Waals surface area (Å²) in [5.74, 6) is 0.430.